The first-order valence-corrected chi connectivity index (χ1v) is 10.3. The molecule has 1 saturated carbocycles. The summed E-state index contributed by atoms with van der Waals surface area (Å²) in [5, 5.41) is 2.64. The summed E-state index contributed by atoms with van der Waals surface area (Å²) in [6, 6.07) is 8.32. The SMILES string of the molecule is CC1CCC(N(C)C(=O)COC(=O)CN2C(=O)N[C@](C)(c3ccccc3)C2=O)CC1. The molecule has 0 radical (unpaired) electrons. The molecule has 1 aliphatic heterocycles. The zero-order valence-corrected chi connectivity index (χ0v) is 17.7. The third-order valence-corrected chi connectivity index (χ3v) is 6.20. The van der Waals surface area contributed by atoms with Crippen molar-refractivity contribution in [3.8, 4) is 0 Å². The molecular formula is C22H29N3O5. The van der Waals surface area contributed by atoms with E-state index in [9.17, 15) is 19.2 Å². The molecule has 162 valence electrons. The maximum absolute atomic E-state index is 12.8. The normalized spacial score (nSPS) is 26.3. The summed E-state index contributed by atoms with van der Waals surface area (Å²) < 4.78 is 5.07. The average molecular weight is 415 g/mol. The molecule has 2 aliphatic rings. The standard InChI is InChI=1S/C22H29N3O5/c1-15-9-11-17(12-10-15)24(3)18(26)14-30-19(27)13-25-20(28)22(2,23-21(25)29)16-7-5-4-6-8-16/h4-8,15,17H,9-14H2,1-3H3,(H,23,29)/t15?,17?,22-/m1/s1. The topological polar surface area (TPSA) is 96.0 Å². The molecule has 0 spiro atoms. The summed E-state index contributed by atoms with van der Waals surface area (Å²) >= 11 is 0. The number of amides is 4. The molecule has 30 heavy (non-hydrogen) atoms. The van der Waals surface area contributed by atoms with E-state index in [2.05, 4.69) is 12.2 Å². The minimum Gasteiger partial charge on any atom is -0.454 e. The number of rotatable bonds is 6. The molecule has 0 aromatic heterocycles. The lowest BCUT2D eigenvalue weighted by atomic mass is 9.87. The molecule has 0 bridgehead atoms. The zero-order valence-electron chi connectivity index (χ0n) is 17.7. The van der Waals surface area contributed by atoms with Gasteiger partial charge in [0.15, 0.2) is 6.61 Å². The monoisotopic (exact) mass is 415 g/mol. The lowest BCUT2D eigenvalue weighted by molar-refractivity contribution is -0.154. The second kappa shape index (κ2) is 8.85. The van der Waals surface area contributed by atoms with Crippen LogP contribution in [-0.4, -0.2) is 59.9 Å². The fourth-order valence-electron chi connectivity index (χ4n) is 4.06. The Morgan fingerprint density at radius 3 is 2.43 bits per heavy atom. The van der Waals surface area contributed by atoms with Gasteiger partial charge in [0.2, 0.25) is 0 Å². The van der Waals surface area contributed by atoms with Crippen molar-refractivity contribution in [2.24, 2.45) is 5.92 Å². The molecule has 1 aliphatic carbocycles. The van der Waals surface area contributed by atoms with E-state index in [0.29, 0.717) is 11.5 Å². The highest BCUT2D eigenvalue weighted by Crippen LogP contribution is 2.29. The van der Waals surface area contributed by atoms with Crippen molar-refractivity contribution >= 4 is 23.8 Å². The van der Waals surface area contributed by atoms with E-state index in [1.165, 1.54) is 0 Å². The Morgan fingerprint density at radius 2 is 1.80 bits per heavy atom. The number of hydrogen-bond donors (Lipinski definition) is 1. The van der Waals surface area contributed by atoms with E-state index in [1.54, 1.807) is 43.1 Å². The van der Waals surface area contributed by atoms with Crippen LogP contribution in [0.5, 0.6) is 0 Å². The van der Waals surface area contributed by atoms with Crippen LogP contribution in [0.2, 0.25) is 0 Å². The van der Waals surface area contributed by atoms with Crippen LogP contribution >= 0.6 is 0 Å². The predicted octanol–water partition coefficient (Wildman–Crippen LogP) is 2.03. The van der Waals surface area contributed by atoms with Crippen molar-refractivity contribution in [3.05, 3.63) is 35.9 Å². The Hall–Kier alpha value is -2.90. The van der Waals surface area contributed by atoms with Crippen LogP contribution in [0.25, 0.3) is 0 Å². The number of carbonyl (C=O) groups excluding carboxylic acids is 4. The molecule has 1 saturated heterocycles. The van der Waals surface area contributed by atoms with Crippen molar-refractivity contribution < 1.29 is 23.9 Å². The van der Waals surface area contributed by atoms with Crippen molar-refractivity contribution in [2.75, 3.05) is 20.2 Å². The summed E-state index contributed by atoms with van der Waals surface area (Å²) in [4.78, 5) is 52.2. The Morgan fingerprint density at radius 1 is 1.17 bits per heavy atom. The number of imide groups is 1. The van der Waals surface area contributed by atoms with Gasteiger partial charge in [0.05, 0.1) is 0 Å². The third kappa shape index (κ3) is 4.47. The van der Waals surface area contributed by atoms with Gasteiger partial charge in [0.25, 0.3) is 11.8 Å². The molecule has 1 N–H and O–H groups in total. The quantitative estimate of drug-likeness (QED) is 0.567. The first-order valence-electron chi connectivity index (χ1n) is 10.3. The molecule has 8 nitrogen and oxygen atoms in total. The van der Waals surface area contributed by atoms with Gasteiger partial charge in [-0.1, -0.05) is 37.3 Å². The molecule has 8 heteroatoms. The molecule has 0 unspecified atom stereocenters. The zero-order chi connectivity index (χ0) is 21.9. The van der Waals surface area contributed by atoms with Gasteiger partial charge in [-0.05, 0) is 44.1 Å². The van der Waals surface area contributed by atoms with Gasteiger partial charge in [0.1, 0.15) is 12.1 Å². The number of carbonyl (C=O) groups is 4. The molecular weight excluding hydrogens is 386 g/mol. The first-order chi connectivity index (χ1) is 14.2. The molecule has 1 aromatic rings. The summed E-state index contributed by atoms with van der Waals surface area (Å²) in [5.74, 6) is -0.937. The molecule has 1 aromatic carbocycles. The van der Waals surface area contributed by atoms with Crippen LogP contribution in [-0.2, 0) is 24.7 Å². The van der Waals surface area contributed by atoms with Gasteiger partial charge in [0, 0.05) is 13.1 Å². The number of esters is 1. The Balaban J connectivity index is 1.53. The average Bonchev–Trinajstić information content (AvgIpc) is 2.96. The molecule has 4 amide bonds. The van der Waals surface area contributed by atoms with Crippen molar-refractivity contribution in [1.29, 1.82) is 0 Å². The van der Waals surface area contributed by atoms with Crippen LogP contribution in [0.3, 0.4) is 0 Å². The Kier molecular flexibility index (Phi) is 6.43. The number of likely N-dealkylation sites (N-methyl/N-ethyl adjacent to an activating group) is 1. The minimum atomic E-state index is -1.24. The van der Waals surface area contributed by atoms with Crippen LogP contribution in [0.1, 0.15) is 45.1 Å². The molecule has 3 rings (SSSR count). The number of nitrogens with one attached hydrogen (secondary N) is 1. The van der Waals surface area contributed by atoms with Crippen molar-refractivity contribution in [1.82, 2.24) is 15.1 Å². The fourth-order valence-corrected chi connectivity index (χ4v) is 4.06. The van der Waals surface area contributed by atoms with E-state index in [-0.39, 0.29) is 11.9 Å². The van der Waals surface area contributed by atoms with Crippen LogP contribution in [0.15, 0.2) is 30.3 Å². The number of urea groups is 1. The smallest absolute Gasteiger partial charge is 0.326 e. The highest BCUT2D eigenvalue weighted by atomic mass is 16.5. The number of ether oxygens (including phenoxy) is 1. The van der Waals surface area contributed by atoms with Gasteiger partial charge >= 0.3 is 12.0 Å². The van der Waals surface area contributed by atoms with Gasteiger partial charge in [-0.3, -0.25) is 19.3 Å². The van der Waals surface area contributed by atoms with E-state index < -0.39 is 36.6 Å². The summed E-state index contributed by atoms with van der Waals surface area (Å²) in [5.41, 5.74) is -0.620. The second-order valence-electron chi connectivity index (χ2n) is 8.39. The van der Waals surface area contributed by atoms with Crippen molar-refractivity contribution in [2.45, 2.75) is 51.1 Å². The first kappa shape index (κ1) is 21.8. The van der Waals surface area contributed by atoms with Gasteiger partial charge in [-0.25, -0.2) is 4.79 Å². The van der Waals surface area contributed by atoms with E-state index in [4.69, 9.17) is 4.74 Å². The van der Waals surface area contributed by atoms with Crippen LogP contribution in [0, 0.1) is 5.92 Å². The molecule has 1 atom stereocenters. The molecule has 2 fully saturated rings. The summed E-state index contributed by atoms with van der Waals surface area (Å²) in [6.45, 7) is 2.86. The fraction of sp³-hybridized carbons (Fsp3) is 0.545. The van der Waals surface area contributed by atoms with E-state index >= 15 is 0 Å². The number of benzene rings is 1. The summed E-state index contributed by atoms with van der Waals surface area (Å²) in [6.07, 6.45) is 4.04. The van der Waals surface area contributed by atoms with Gasteiger partial charge < -0.3 is 15.0 Å². The highest BCUT2D eigenvalue weighted by Gasteiger charge is 2.49. The van der Waals surface area contributed by atoms with E-state index in [1.807, 2.05) is 6.07 Å². The Bertz CT molecular complexity index is 819. The van der Waals surface area contributed by atoms with E-state index in [0.717, 1.165) is 30.6 Å². The van der Waals surface area contributed by atoms with Gasteiger partial charge in [-0.15, -0.1) is 0 Å². The highest BCUT2D eigenvalue weighted by molar-refractivity contribution is 6.08. The number of nitrogens with zero attached hydrogens (tertiary/aromatic N) is 2. The Labute approximate surface area is 176 Å². The van der Waals surface area contributed by atoms with Crippen LogP contribution < -0.4 is 5.32 Å². The minimum absolute atomic E-state index is 0.157. The van der Waals surface area contributed by atoms with Crippen molar-refractivity contribution in [3.63, 3.8) is 0 Å². The number of hydrogen-bond acceptors (Lipinski definition) is 5. The second-order valence-corrected chi connectivity index (χ2v) is 8.39. The maximum Gasteiger partial charge on any atom is 0.326 e. The molecule has 1 heterocycles. The maximum atomic E-state index is 12.8. The summed E-state index contributed by atoms with van der Waals surface area (Å²) in [7, 11) is 1.72. The lowest BCUT2D eigenvalue weighted by Crippen LogP contribution is -2.43. The lowest BCUT2D eigenvalue weighted by Gasteiger charge is -2.33. The van der Waals surface area contributed by atoms with Gasteiger partial charge in [-0.2, -0.15) is 0 Å². The predicted molar refractivity (Wildman–Crippen MR) is 109 cm³/mol. The van der Waals surface area contributed by atoms with Crippen LogP contribution in [0.4, 0.5) is 4.79 Å². The third-order valence-electron chi connectivity index (χ3n) is 6.20. The largest absolute Gasteiger partial charge is 0.454 e.